The molecule has 0 aliphatic heterocycles. The van der Waals surface area contributed by atoms with Crippen LogP contribution in [0.4, 0.5) is 5.69 Å². The Labute approximate surface area is 210 Å². The van der Waals surface area contributed by atoms with Gasteiger partial charge >= 0.3 is 0 Å². The molecule has 0 bridgehead atoms. The lowest BCUT2D eigenvalue weighted by Gasteiger charge is -2.06. The number of fused-ring (bicyclic) bond motifs is 1. The van der Waals surface area contributed by atoms with Crippen molar-refractivity contribution in [2.75, 3.05) is 11.1 Å². The van der Waals surface area contributed by atoms with Gasteiger partial charge in [0.25, 0.3) is 0 Å². The van der Waals surface area contributed by atoms with Crippen molar-refractivity contribution in [3.63, 3.8) is 0 Å². The number of aromatic nitrogens is 4. The maximum atomic E-state index is 12.5. The van der Waals surface area contributed by atoms with E-state index in [9.17, 15) is 4.79 Å². The molecule has 1 amide bonds. The summed E-state index contributed by atoms with van der Waals surface area (Å²) in [5.74, 6) is 0.812. The zero-order valence-corrected chi connectivity index (χ0v) is 20.8. The van der Waals surface area contributed by atoms with E-state index in [1.54, 1.807) is 11.3 Å². The highest BCUT2D eigenvalue weighted by Gasteiger charge is 2.14. The molecule has 3 aromatic carbocycles. The normalized spacial score (nSPS) is 11.1. The third-order valence-corrected chi connectivity index (χ3v) is 7.53. The summed E-state index contributed by atoms with van der Waals surface area (Å²) in [6.45, 7) is 2.08. The van der Waals surface area contributed by atoms with E-state index in [-0.39, 0.29) is 11.7 Å². The first-order valence-corrected chi connectivity index (χ1v) is 12.7. The molecule has 0 unspecified atom stereocenters. The van der Waals surface area contributed by atoms with Crippen LogP contribution in [0.15, 0.2) is 71.9 Å². The molecule has 2 aromatic heterocycles. The number of benzene rings is 3. The van der Waals surface area contributed by atoms with E-state index in [2.05, 4.69) is 34.6 Å². The fourth-order valence-electron chi connectivity index (χ4n) is 3.50. The molecule has 34 heavy (non-hydrogen) atoms. The quantitative estimate of drug-likeness (QED) is 0.268. The van der Waals surface area contributed by atoms with Gasteiger partial charge in [0.2, 0.25) is 5.91 Å². The SMILES string of the molecule is Cc1ccc2nc(-c3ccc(NC(=O)CSc4nnc(-c5cccc(Cl)c5)n4C)cc3)sc2c1. The van der Waals surface area contributed by atoms with Gasteiger partial charge in [-0.05, 0) is 61.0 Å². The Morgan fingerprint density at radius 3 is 2.68 bits per heavy atom. The van der Waals surface area contributed by atoms with Gasteiger partial charge in [0.15, 0.2) is 11.0 Å². The number of carbonyl (C=O) groups is 1. The second-order valence-electron chi connectivity index (χ2n) is 7.78. The monoisotopic (exact) mass is 505 g/mol. The van der Waals surface area contributed by atoms with Gasteiger partial charge in [-0.2, -0.15) is 0 Å². The van der Waals surface area contributed by atoms with Crippen LogP contribution in [-0.4, -0.2) is 31.4 Å². The summed E-state index contributed by atoms with van der Waals surface area (Å²) in [6.07, 6.45) is 0. The van der Waals surface area contributed by atoms with Crippen LogP contribution in [0.5, 0.6) is 0 Å². The molecule has 0 atom stereocenters. The van der Waals surface area contributed by atoms with Crippen LogP contribution in [-0.2, 0) is 11.8 Å². The topological polar surface area (TPSA) is 72.7 Å². The average molecular weight is 506 g/mol. The molecule has 170 valence electrons. The molecule has 9 heteroatoms. The van der Waals surface area contributed by atoms with Gasteiger partial charge in [-0.1, -0.05) is 41.6 Å². The van der Waals surface area contributed by atoms with Gasteiger partial charge in [0.1, 0.15) is 5.01 Å². The van der Waals surface area contributed by atoms with Crippen molar-refractivity contribution in [2.24, 2.45) is 7.05 Å². The Kier molecular flexibility index (Phi) is 6.36. The van der Waals surface area contributed by atoms with Crippen molar-refractivity contribution in [2.45, 2.75) is 12.1 Å². The minimum Gasteiger partial charge on any atom is -0.325 e. The fourth-order valence-corrected chi connectivity index (χ4v) is 5.47. The molecule has 5 aromatic rings. The standard InChI is InChI=1S/C25H20ClN5OS2/c1-15-6-11-20-21(12-15)34-24(28-20)16-7-9-19(10-8-16)27-22(32)14-33-25-30-29-23(31(25)2)17-4-3-5-18(26)13-17/h3-13H,14H2,1-2H3,(H,27,32). The summed E-state index contributed by atoms with van der Waals surface area (Å²) in [4.78, 5) is 17.2. The summed E-state index contributed by atoms with van der Waals surface area (Å²) < 4.78 is 3.03. The maximum absolute atomic E-state index is 12.5. The van der Waals surface area contributed by atoms with Gasteiger partial charge in [0, 0.05) is 28.9 Å². The number of thiazole rings is 1. The zero-order chi connectivity index (χ0) is 23.7. The minimum atomic E-state index is -0.111. The molecule has 1 N–H and O–H groups in total. The number of hydrogen-bond acceptors (Lipinski definition) is 6. The number of rotatable bonds is 6. The predicted molar refractivity (Wildman–Crippen MR) is 141 cm³/mol. The minimum absolute atomic E-state index is 0.111. The van der Waals surface area contributed by atoms with Crippen LogP contribution in [0, 0.1) is 6.92 Å². The van der Waals surface area contributed by atoms with Crippen molar-refractivity contribution >= 4 is 56.5 Å². The van der Waals surface area contributed by atoms with E-state index in [4.69, 9.17) is 16.6 Å². The Balaban J connectivity index is 1.21. The highest BCUT2D eigenvalue weighted by Crippen LogP contribution is 2.31. The van der Waals surface area contributed by atoms with Crippen LogP contribution in [0.25, 0.3) is 32.2 Å². The van der Waals surface area contributed by atoms with Crippen LogP contribution >= 0.6 is 34.7 Å². The predicted octanol–water partition coefficient (Wildman–Crippen LogP) is 6.45. The van der Waals surface area contributed by atoms with Crippen LogP contribution in [0.1, 0.15) is 5.56 Å². The summed E-state index contributed by atoms with van der Waals surface area (Å²) >= 11 is 9.09. The van der Waals surface area contributed by atoms with Crippen molar-refractivity contribution in [3.8, 4) is 22.0 Å². The molecule has 0 aliphatic rings. The van der Waals surface area contributed by atoms with Gasteiger partial charge < -0.3 is 9.88 Å². The Hall–Kier alpha value is -3.20. The molecule has 2 heterocycles. The van der Waals surface area contributed by atoms with Crippen molar-refractivity contribution in [1.29, 1.82) is 0 Å². The van der Waals surface area contributed by atoms with Crippen LogP contribution in [0.3, 0.4) is 0 Å². The van der Waals surface area contributed by atoms with Crippen LogP contribution < -0.4 is 5.32 Å². The second kappa shape index (κ2) is 9.58. The van der Waals surface area contributed by atoms with Gasteiger partial charge in [-0.3, -0.25) is 4.79 Å². The number of carbonyl (C=O) groups excluding carboxylic acids is 1. The number of nitrogens with zero attached hydrogens (tertiary/aromatic N) is 4. The molecule has 0 aliphatic carbocycles. The first-order valence-electron chi connectivity index (χ1n) is 10.5. The molecule has 5 rings (SSSR count). The van der Waals surface area contributed by atoms with E-state index < -0.39 is 0 Å². The highest BCUT2D eigenvalue weighted by atomic mass is 35.5. The third kappa shape index (κ3) is 4.84. The first kappa shape index (κ1) is 22.6. The van der Waals surface area contributed by atoms with Gasteiger partial charge in [0.05, 0.1) is 16.0 Å². The molecule has 0 spiro atoms. The summed E-state index contributed by atoms with van der Waals surface area (Å²) in [5.41, 5.74) is 4.87. The second-order valence-corrected chi connectivity index (χ2v) is 10.2. The number of anilines is 1. The zero-order valence-electron chi connectivity index (χ0n) is 18.4. The molecular formula is C25H20ClN5OS2. The lowest BCUT2D eigenvalue weighted by Crippen LogP contribution is -2.14. The lowest BCUT2D eigenvalue weighted by atomic mass is 10.2. The molecule has 0 saturated carbocycles. The van der Waals surface area contributed by atoms with Crippen molar-refractivity contribution in [3.05, 3.63) is 77.3 Å². The van der Waals surface area contributed by atoms with Gasteiger partial charge in [-0.15, -0.1) is 21.5 Å². The number of halogens is 1. The first-order chi connectivity index (χ1) is 16.5. The molecule has 0 saturated heterocycles. The van der Waals surface area contributed by atoms with E-state index in [1.807, 2.05) is 66.2 Å². The van der Waals surface area contributed by atoms with Crippen molar-refractivity contribution in [1.82, 2.24) is 19.7 Å². The van der Waals surface area contributed by atoms with Crippen LogP contribution in [0.2, 0.25) is 5.02 Å². The Morgan fingerprint density at radius 2 is 1.88 bits per heavy atom. The van der Waals surface area contributed by atoms with Crippen molar-refractivity contribution < 1.29 is 4.79 Å². The summed E-state index contributed by atoms with van der Waals surface area (Å²) in [5, 5.41) is 13.7. The molecular weight excluding hydrogens is 486 g/mol. The molecule has 0 radical (unpaired) electrons. The number of aryl methyl sites for hydroxylation is 1. The Morgan fingerprint density at radius 1 is 1.06 bits per heavy atom. The number of hydrogen-bond donors (Lipinski definition) is 1. The van der Waals surface area contributed by atoms with Gasteiger partial charge in [-0.25, -0.2) is 4.98 Å². The summed E-state index contributed by atoms with van der Waals surface area (Å²) in [7, 11) is 1.87. The largest absolute Gasteiger partial charge is 0.325 e. The summed E-state index contributed by atoms with van der Waals surface area (Å²) in [6, 6.07) is 21.5. The number of thioether (sulfide) groups is 1. The van der Waals surface area contributed by atoms with E-state index in [1.165, 1.54) is 22.0 Å². The number of amides is 1. The molecule has 6 nitrogen and oxygen atoms in total. The van der Waals surface area contributed by atoms with E-state index in [0.29, 0.717) is 16.0 Å². The molecule has 0 fully saturated rings. The average Bonchev–Trinajstić information content (AvgIpc) is 3.41. The van der Waals surface area contributed by atoms with E-state index >= 15 is 0 Å². The number of nitrogens with one attached hydrogen (secondary N) is 1. The Bertz CT molecular complexity index is 1490. The highest BCUT2D eigenvalue weighted by molar-refractivity contribution is 7.99. The van der Waals surface area contributed by atoms with E-state index in [0.717, 1.165) is 27.3 Å². The fraction of sp³-hybridized carbons (Fsp3) is 0.120. The smallest absolute Gasteiger partial charge is 0.234 e. The third-order valence-electron chi connectivity index (χ3n) is 5.21. The maximum Gasteiger partial charge on any atom is 0.234 e. The lowest BCUT2D eigenvalue weighted by molar-refractivity contribution is -0.113.